The van der Waals surface area contributed by atoms with Gasteiger partial charge in [0.05, 0.1) is 5.60 Å². The molecule has 3 unspecified atom stereocenters. The van der Waals surface area contributed by atoms with Gasteiger partial charge in [-0.05, 0) is 46.0 Å². The highest BCUT2D eigenvalue weighted by atomic mass is 16.5. The molecule has 2 amide bonds. The first-order valence-electron chi connectivity index (χ1n) is 8.21. The summed E-state index contributed by atoms with van der Waals surface area (Å²) in [6.45, 7) is 7.56. The molecule has 3 saturated heterocycles. The minimum Gasteiger partial charge on any atom is -0.375 e. The number of rotatable bonds is 2. The smallest absolute Gasteiger partial charge is 0.246 e. The fourth-order valence-corrected chi connectivity index (χ4v) is 4.17. The summed E-state index contributed by atoms with van der Waals surface area (Å²) in [5, 5.41) is 0. The van der Waals surface area contributed by atoms with Crippen molar-refractivity contribution in [2.45, 2.75) is 76.6 Å². The molecule has 0 saturated carbocycles. The number of fused-ring (bicyclic) bond motifs is 1. The highest BCUT2D eigenvalue weighted by Crippen LogP contribution is 2.34. The maximum Gasteiger partial charge on any atom is 0.246 e. The van der Waals surface area contributed by atoms with E-state index in [1.165, 1.54) is 0 Å². The van der Waals surface area contributed by atoms with Gasteiger partial charge in [-0.15, -0.1) is 0 Å². The van der Waals surface area contributed by atoms with Crippen LogP contribution in [0.5, 0.6) is 0 Å². The summed E-state index contributed by atoms with van der Waals surface area (Å²) >= 11 is 0. The number of amides is 2. The number of piperazine rings is 1. The van der Waals surface area contributed by atoms with Gasteiger partial charge in [-0.2, -0.15) is 0 Å². The summed E-state index contributed by atoms with van der Waals surface area (Å²) in [5.41, 5.74) is -0.211. The summed E-state index contributed by atoms with van der Waals surface area (Å²) < 4.78 is 5.77. The second-order valence-corrected chi connectivity index (χ2v) is 7.11. The molecule has 0 aromatic carbocycles. The van der Waals surface area contributed by atoms with E-state index in [0.29, 0.717) is 13.0 Å². The number of hydrogen-bond donors (Lipinski definition) is 0. The minimum atomic E-state index is -0.272. The molecular weight excluding hydrogens is 268 g/mol. The van der Waals surface area contributed by atoms with Crippen LogP contribution in [0.4, 0.5) is 0 Å². The number of carbonyl (C=O) groups excluding carboxylic acids is 2. The van der Waals surface area contributed by atoms with Crippen molar-refractivity contribution in [2.24, 2.45) is 0 Å². The summed E-state index contributed by atoms with van der Waals surface area (Å²) in [4.78, 5) is 29.4. The van der Waals surface area contributed by atoms with Crippen molar-refractivity contribution in [3.8, 4) is 0 Å². The van der Waals surface area contributed by atoms with E-state index >= 15 is 0 Å². The summed E-state index contributed by atoms with van der Waals surface area (Å²) in [7, 11) is 0. The molecule has 118 valence electrons. The lowest BCUT2D eigenvalue weighted by Gasteiger charge is -2.49. The van der Waals surface area contributed by atoms with Crippen LogP contribution in [0.15, 0.2) is 0 Å². The highest BCUT2D eigenvalue weighted by Gasteiger charge is 2.50. The number of carbonyl (C=O) groups is 2. The first kappa shape index (κ1) is 14.8. The van der Waals surface area contributed by atoms with Gasteiger partial charge >= 0.3 is 0 Å². The molecule has 3 heterocycles. The van der Waals surface area contributed by atoms with Crippen LogP contribution in [0.1, 0.15) is 52.9 Å². The predicted octanol–water partition coefficient (Wildman–Crippen LogP) is 1.56. The van der Waals surface area contributed by atoms with Crippen molar-refractivity contribution in [1.82, 2.24) is 9.80 Å². The van der Waals surface area contributed by atoms with Crippen molar-refractivity contribution in [3.05, 3.63) is 0 Å². The lowest BCUT2D eigenvalue weighted by Crippen LogP contribution is -2.66. The molecule has 0 aromatic rings. The second kappa shape index (κ2) is 5.27. The fraction of sp³-hybridized carbons (Fsp3) is 0.875. The molecule has 0 radical (unpaired) electrons. The highest BCUT2D eigenvalue weighted by molar-refractivity contribution is 5.97. The number of hydrogen-bond acceptors (Lipinski definition) is 3. The molecule has 3 fully saturated rings. The normalized spacial score (nSPS) is 36.0. The van der Waals surface area contributed by atoms with Crippen LogP contribution < -0.4 is 0 Å². The van der Waals surface area contributed by atoms with E-state index in [1.807, 2.05) is 16.7 Å². The fourth-order valence-electron chi connectivity index (χ4n) is 4.17. The third-order valence-electron chi connectivity index (χ3n) is 5.15. The molecule has 3 rings (SSSR count). The Bertz CT molecular complexity index is 449. The molecule has 0 spiro atoms. The molecule has 5 nitrogen and oxygen atoms in total. The Hall–Kier alpha value is -1.10. The average Bonchev–Trinajstić information content (AvgIpc) is 2.91. The molecule has 0 N–H and O–H groups in total. The van der Waals surface area contributed by atoms with Crippen molar-refractivity contribution in [1.29, 1.82) is 0 Å². The first-order chi connectivity index (χ1) is 9.94. The lowest BCUT2D eigenvalue weighted by atomic mass is 9.89. The van der Waals surface area contributed by atoms with Gasteiger partial charge in [0.1, 0.15) is 12.1 Å². The molecule has 21 heavy (non-hydrogen) atoms. The quantitative estimate of drug-likeness (QED) is 0.776. The van der Waals surface area contributed by atoms with E-state index in [-0.39, 0.29) is 35.5 Å². The minimum absolute atomic E-state index is 0.137. The second-order valence-electron chi connectivity index (χ2n) is 7.11. The first-order valence-corrected chi connectivity index (χ1v) is 8.21. The average molecular weight is 294 g/mol. The maximum absolute atomic E-state index is 12.9. The monoisotopic (exact) mass is 294 g/mol. The zero-order chi connectivity index (χ0) is 15.2. The van der Waals surface area contributed by atoms with E-state index in [2.05, 4.69) is 13.8 Å². The Morgan fingerprint density at radius 1 is 1.24 bits per heavy atom. The lowest BCUT2D eigenvalue weighted by molar-refractivity contribution is -0.168. The predicted molar refractivity (Wildman–Crippen MR) is 78.7 cm³/mol. The van der Waals surface area contributed by atoms with Crippen LogP contribution >= 0.6 is 0 Å². The standard InChI is InChI=1S/C16H26N2O3/c1-4-12-14(19)17-8-5-6-13(17)15(20)18(12)11-7-9-21-16(2,3)10-11/h11-13H,4-10H2,1-3H3. The zero-order valence-electron chi connectivity index (χ0n) is 13.3. The Morgan fingerprint density at radius 2 is 2.00 bits per heavy atom. The molecule has 0 aliphatic carbocycles. The summed E-state index contributed by atoms with van der Waals surface area (Å²) in [6, 6.07) is -0.338. The molecular formula is C16H26N2O3. The number of nitrogens with zero attached hydrogens (tertiary/aromatic N) is 2. The van der Waals surface area contributed by atoms with Gasteiger partial charge in [0.25, 0.3) is 0 Å². The van der Waals surface area contributed by atoms with Crippen LogP contribution in [0, 0.1) is 0 Å². The summed E-state index contributed by atoms with van der Waals surface area (Å²) in [5.74, 6) is 0.325. The van der Waals surface area contributed by atoms with Gasteiger partial charge in [-0.1, -0.05) is 6.92 Å². The van der Waals surface area contributed by atoms with Crippen LogP contribution in [0.3, 0.4) is 0 Å². The molecule has 3 atom stereocenters. The Labute approximate surface area is 126 Å². The SMILES string of the molecule is CCC1C(=O)N2CCCC2C(=O)N1C1CCOC(C)(C)C1. The Balaban J connectivity index is 1.87. The largest absolute Gasteiger partial charge is 0.375 e. The van der Waals surface area contributed by atoms with Gasteiger partial charge in [0.15, 0.2) is 0 Å². The van der Waals surface area contributed by atoms with Gasteiger partial charge in [0, 0.05) is 19.2 Å². The van der Waals surface area contributed by atoms with Gasteiger partial charge in [0.2, 0.25) is 11.8 Å². The third-order valence-corrected chi connectivity index (χ3v) is 5.15. The van der Waals surface area contributed by atoms with E-state index < -0.39 is 0 Å². The Morgan fingerprint density at radius 3 is 2.67 bits per heavy atom. The van der Waals surface area contributed by atoms with E-state index in [9.17, 15) is 9.59 Å². The van der Waals surface area contributed by atoms with Gasteiger partial charge in [-0.3, -0.25) is 9.59 Å². The van der Waals surface area contributed by atoms with Crippen molar-refractivity contribution < 1.29 is 14.3 Å². The third kappa shape index (κ3) is 2.45. The maximum atomic E-state index is 12.9. The van der Waals surface area contributed by atoms with Crippen molar-refractivity contribution in [2.75, 3.05) is 13.2 Å². The number of ether oxygens (including phenoxy) is 1. The van der Waals surface area contributed by atoms with E-state index in [4.69, 9.17) is 4.74 Å². The summed E-state index contributed by atoms with van der Waals surface area (Å²) in [6.07, 6.45) is 4.13. The zero-order valence-corrected chi connectivity index (χ0v) is 13.3. The molecule has 3 aliphatic rings. The van der Waals surface area contributed by atoms with E-state index in [1.54, 1.807) is 0 Å². The van der Waals surface area contributed by atoms with Gasteiger partial charge in [-0.25, -0.2) is 0 Å². The van der Waals surface area contributed by atoms with E-state index in [0.717, 1.165) is 32.2 Å². The molecule has 5 heteroatoms. The molecule has 0 bridgehead atoms. The molecule has 3 aliphatic heterocycles. The van der Waals surface area contributed by atoms with Crippen molar-refractivity contribution >= 4 is 11.8 Å². The van der Waals surface area contributed by atoms with Crippen LogP contribution in [0.25, 0.3) is 0 Å². The molecule has 0 aromatic heterocycles. The topological polar surface area (TPSA) is 49.9 Å². The van der Waals surface area contributed by atoms with Crippen LogP contribution in [0.2, 0.25) is 0 Å². The van der Waals surface area contributed by atoms with Crippen LogP contribution in [-0.2, 0) is 14.3 Å². The van der Waals surface area contributed by atoms with Gasteiger partial charge < -0.3 is 14.5 Å². The van der Waals surface area contributed by atoms with Crippen LogP contribution in [-0.4, -0.2) is 58.5 Å². The van der Waals surface area contributed by atoms with Crippen molar-refractivity contribution in [3.63, 3.8) is 0 Å². The Kier molecular flexibility index (Phi) is 3.72.